The Bertz CT molecular complexity index is 2990. The number of anilines is 2. The summed E-state index contributed by atoms with van der Waals surface area (Å²) in [6.45, 7) is 10.6. The number of amides is 2. The van der Waals surface area contributed by atoms with Gasteiger partial charge in [0, 0.05) is 57.4 Å². The molecule has 0 aliphatic rings. The lowest BCUT2D eigenvalue weighted by molar-refractivity contribution is -0.137. The number of carbonyl (C=O) groups is 2. The van der Waals surface area contributed by atoms with Crippen LogP contribution in [0.4, 0.5) is 42.1 Å². The fraction of sp³-hybridized carbons (Fsp3) is 0.227. The molecule has 0 radical (unpaired) electrons. The molecule has 2 amide bonds. The van der Waals surface area contributed by atoms with E-state index in [0.29, 0.717) is 16.4 Å². The van der Waals surface area contributed by atoms with Crippen molar-refractivity contribution in [3.05, 3.63) is 145 Å². The van der Waals surface area contributed by atoms with E-state index in [1.165, 1.54) is 18.3 Å². The number of aromatic nitrogens is 3. The number of phenolic OH excluding ortho intramolecular Hbond substituents is 1. The van der Waals surface area contributed by atoms with Crippen LogP contribution in [0.25, 0.3) is 32.7 Å². The van der Waals surface area contributed by atoms with E-state index in [-0.39, 0.29) is 32.8 Å². The Morgan fingerprint density at radius 2 is 1.03 bits per heavy atom. The first kappa shape index (κ1) is 43.7. The number of H-pyrrole nitrogens is 3. The van der Waals surface area contributed by atoms with Gasteiger partial charge >= 0.3 is 12.4 Å². The summed E-state index contributed by atoms with van der Waals surface area (Å²) in [5.41, 5.74) is -4.55. The molecule has 0 aliphatic heterocycles. The van der Waals surface area contributed by atoms with Gasteiger partial charge in [0.25, 0.3) is 11.8 Å². The van der Waals surface area contributed by atoms with Gasteiger partial charge < -0.3 is 30.7 Å². The molecule has 3 heterocycles. The Hall–Kier alpha value is -6.91. The fourth-order valence-electron chi connectivity index (χ4n) is 6.73. The van der Waals surface area contributed by atoms with Crippen LogP contribution in [0.15, 0.2) is 94.9 Å². The lowest BCUT2D eigenvalue weighted by Crippen LogP contribution is -2.24. The Labute approximate surface area is 341 Å². The molecule has 0 unspecified atom stereocenters. The van der Waals surface area contributed by atoms with Crippen molar-refractivity contribution in [3.8, 4) is 5.75 Å². The average Bonchev–Trinajstić information content (AvgIpc) is 3.58. The number of hydrogen-bond donors (Lipinski definition) is 6. The molecule has 4 aromatic carbocycles. The van der Waals surface area contributed by atoms with E-state index >= 15 is 0 Å². The average molecular weight is 850 g/mol. The van der Waals surface area contributed by atoms with E-state index < -0.39 is 80.1 Å². The molecular formula is C44H38F7N5O5. The second-order valence-electron chi connectivity index (χ2n) is 16.3. The Balaban J connectivity index is 0.000000204. The molecule has 7 aromatic rings. The van der Waals surface area contributed by atoms with Gasteiger partial charge in [-0.25, -0.2) is 4.39 Å². The molecule has 0 atom stereocenters. The number of rotatable bonds is 4. The zero-order valence-electron chi connectivity index (χ0n) is 33.3. The van der Waals surface area contributed by atoms with Crippen molar-refractivity contribution in [2.45, 2.75) is 64.7 Å². The number of aromatic hydroxyl groups is 1. The van der Waals surface area contributed by atoms with Gasteiger partial charge in [0.15, 0.2) is 0 Å². The summed E-state index contributed by atoms with van der Waals surface area (Å²) in [5, 5.41) is 15.1. The van der Waals surface area contributed by atoms with Crippen LogP contribution in [0, 0.1) is 5.82 Å². The van der Waals surface area contributed by atoms with Crippen LogP contribution in [-0.2, 0) is 23.2 Å². The zero-order chi connectivity index (χ0) is 45.0. The molecule has 0 saturated heterocycles. The number of nitrogens with one attached hydrogen (secondary N) is 5. The first-order chi connectivity index (χ1) is 28.3. The van der Waals surface area contributed by atoms with Crippen molar-refractivity contribution in [1.29, 1.82) is 0 Å². The van der Waals surface area contributed by atoms with Crippen molar-refractivity contribution >= 4 is 55.9 Å². The van der Waals surface area contributed by atoms with E-state index in [1.807, 2.05) is 26.1 Å². The topological polar surface area (TPSA) is 160 Å². The third kappa shape index (κ3) is 9.00. The molecule has 318 valence electrons. The quantitative estimate of drug-likeness (QED) is 0.0971. The maximum absolute atomic E-state index is 13.8. The molecule has 10 nitrogen and oxygen atoms in total. The number of carbonyl (C=O) groups excluding carboxylic acids is 2. The van der Waals surface area contributed by atoms with Crippen LogP contribution < -0.4 is 21.5 Å². The second kappa shape index (κ2) is 15.6. The molecule has 7 rings (SSSR count). The van der Waals surface area contributed by atoms with Crippen molar-refractivity contribution < 1.29 is 45.4 Å². The highest BCUT2D eigenvalue weighted by atomic mass is 19.4. The zero-order valence-corrected chi connectivity index (χ0v) is 33.3. The number of hydrogen-bond acceptors (Lipinski definition) is 5. The predicted molar refractivity (Wildman–Crippen MR) is 219 cm³/mol. The first-order valence-electron chi connectivity index (χ1n) is 18.5. The van der Waals surface area contributed by atoms with E-state index in [2.05, 4.69) is 20.3 Å². The van der Waals surface area contributed by atoms with Crippen LogP contribution in [0.5, 0.6) is 5.75 Å². The van der Waals surface area contributed by atoms with E-state index in [4.69, 9.17) is 0 Å². The molecule has 6 N–H and O–H groups in total. The molecule has 0 aliphatic carbocycles. The minimum Gasteiger partial charge on any atom is -0.508 e. The monoisotopic (exact) mass is 849 g/mol. The number of halogens is 7. The number of benzene rings is 4. The predicted octanol–water partition coefficient (Wildman–Crippen LogP) is 10.5. The molecule has 17 heteroatoms. The van der Waals surface area contributed by atoms with Crippen LogP contribution >= 0.6 is 0 Å². The first-order valence-corrected chi connectivity index (χ1v) is 18.5. The molecule has 3 aromatic heterocycles. The van der Waals surface area contributed by atoms with Crippen LogP contribution in [-0.4, -0.2) is 31.9 Å². The summed E-state index contributed by atoms with van der Waals surface area (Å²) in [7, 11) is 0. The lowest BCUT2D eigenvalue weighted by atomic mass is 9.85. The van der Waals surface area contributed by atoms with Gasteiger partial charge in [-0.1, -0.05) is 53.7 Å². The largest absolute Gasteiger partial charge is 0.508 e. The van der Waals surface area contributed by atoms with Crippen LogP contribution in [0.2, 0.25) is 0 Å². The minimum atomic E-state index is -4.82. The van der Waals surface area contributed by atoms with Crippen LogP contribution in [0.3, 0.4) is 0 Å². The SMILES string of the molecule is CC(C)(C)c1c[nH]c2cc(NC(=O)c3c[nH]c4ccccc4c3=O)c(C(F)(F)F)cc12.CC(C)(C)c1cc(C(F)(F)F)c(NC(=O)c2c[nH]c3ccc(F)cc3c2=O)cc1O. The van der Waals surface area contributed by atoms with Crippen molar-refractivity contribution in [2.75, 3.05) is 10.6 Å². The molecule has 0 bridgehead atoms. The maximum atomic E-state index is 13.8. The summed E-state index contributed by atoms with van der Waals surface area (Å²) >= 11 is 0. The molecular weight excluding hydrogens is 812 g/mol. The highest BCUT2D eigenvalue weighted by Gasteiger charge is 2.37. The maximum Gasteiger partial charge on any atom is 0.418 e. The molecule has 0 fully saturated rings. The Morgan fingerprint density at radius 3 is 1.59 bits per heavy atom. The number of pyridine rings is 2. The number of fused-ring (bicyclic) bond motifs is 3. The van der Waals surface area contributed by atoms with Gasteiger partial charge in [0.1, 0.15) is 22.7 Å². The number of phenols is 1. The van der Waals surface area contributed by atoms with Gasteiger partial charge in [-0.3, -0.25) is 19.2 Å². The second-order valence-corrected chi connectivity index (χ2v) is 16.3. The van der Waals surface area contributed by atoms with Crippen molar-refractivity contribution in [1.82, 2.24) is 15.0 Å². The molecule has 0 spiro atoms. The summed E-state index contributed by atoms with van der Waals surface area (Å²) in [4.78, 5) is 58.9. The summed E-state index contributed by atoms with van der Waals surface area (Å²) in [6, 6.07) is 13.8. The van der Waals surface area contributed by atoms with Crippen molar-refractivity contribution in [2.24, 2.45) is 0 Å². The summed E-state index contributed by atoms with van der Waals surface area (Å²) < 4.78 is 95.7. The van der Waals surface area contributed by atoms with E-state index in [9.17, 15) is 55.0 Å². The van der Waals surface area contributed by atoms with E-state index in [0.717, 1.165) is 42.1 Å². The normalized spacial score (nSPS) is 12.3. The fourth-order valence-corrected chi connectivity index (χ4v) is 6.73. The van der Waals surface area contributed by atoms with Crippen LogP contribution in [0.1, 0.15) is 84.5 Å². The number of aromatic amines is 3. The minimum absolute atomic E-state index is 0.0480. The smallest absolute Gasteiger partial charge is 0.418 e. The highest BCUT2D eigenvalue weighted by Crippen LogP contribution is 2.43. The standard InChI is InChI=1S/C23H20F3N3O2.C21H18F4N2O3/c1-22(2,3)16-11-28-18-9-19(15(8-13(16)18)23(24,25)26)29-21(31)14-10-27-17-7-5-4-6-12(17)20(14)30;1-20(2,3)14-7-13(21(23,24)25)16(8-17(14)28)27-19(30)12-9-26-15-5-4-10(22)6-11(15)18(12)29/h4-11,28H,1-3H3,(H,27,30)(H,29,31);4-9,28H,1-3H3,(H,26,29)(H,27,30). The van der Waals surface area contributed by atoms with E-state index in [1.54, 1.807) is 51.2 Å². The van der Waals surface area contributed by atoms with Crippen molar-refractivity contribution in [3.63, 3.8) is 0 Å². The highest BCUT2D eigenvalue weighted by molar-refractivity contribution is 6.07. The third-order valence-electron chi connectivity index (χ3n) is 9.80. The van der Waals surface area contributed by atoms with Gasteiger partial charge in [-0.05, 0) is 70.5 Å². The third-order valence-corrected chi connectivity index (χ3v) is 9.80. The summed E-state index contributed by atoms with van der Waals surface area (Å²) in [5.74, 6) is -3.18. The van der Waals surface area contributed by atoms with Gasteiger partial charge in [0.2, 0.25) is 10.9 Å². The van der Waals surface area contributed by atoms with Gasteiger partial charge in [-0.2, -0.15) is 26.3 Å². The molecule has 0 saturated carbocycles. The summed E-state index contributed by atoms with van der Waals surface area (Å²) in [6.07, 6.45) is -5.61. The Kier molecular flexibility index (Phi) is 11.2. The van der Waals surface area contributed by atoms with Gasteiger partial charge in [0.05, 0.1) is 22.5 Å². The Morgan fingerprint density at radius 1 is 0.541 bits per heavy atom. The number of para-hydroxylation sites is 1. The number of alkyl halides is 6. The lowest BCUT2D eigenvalue weighted by Gasteiger charge is -2.24. The molecule has 61 heavy (non-hydrogen) atoms. The van der Waals surface area contributed by atoms with Gasteiger partial charge in [-0.15, -0.1) is 0 Å².